The first-order valence-corrected chi connectivity index (χ1v) is 10.7. The van der Waals surface area contributed by atoms with E-state index in [1.54, 1.807) is 35.2 Å². The summed E-state index contributed by atoms with van der Waals surface area (Å²) in [5.74, 6) is -0.556. The molecule has 0 aliphatic carbocycles. The van der Waals surface area contributed by atoms with Crippen LogP contribution < -0.4 is 10.2 Å². The quantitative estimate of drug-likeness (QED) is 0.338. The van der Waals surface area contributed by atoms with Crippen molar-refractivity contribution >= 4 is 73.5 Å². The standard InChI is InChI=1S/C23H14Cl2N2O2S/c1-12-6-8-16(15(10-12)23(29)27-17-9-7-13(24)11-18(17)27)26-22(28)21-20(25)14-4-2-3-5-19(14)30-21/h2-11H,1H3,(H,26,28). The molecule has 0 spiro atoms. The van der Waals surface area contributed by atoms with Crippen LogP contribution in [0.15, 0.2) is 60.7 Å². The number of benzene rings is 3. The lowest BCUT2D eigenvalue weighted by Gasteiger charge is -2.12. The zero-order valence-electron chi connectivity index (χ0n) is 15.7. The Morgan fingerprint density at radius 3 is 2.53 bits per heavy atom. The fourth-order valence-corrected chi connectivity index (χ4v) is 5.03. The van der Waals surface area contributed by atoms with Gasteiger partial charge in [0.15, 0.2) is 0 Å². The number of halogens is 2. The van der Waals surface area contributed by atoms with Crippen LogP contribution in [-0.2, 0) is 0 Å². The van der Waals surface area contributed by atoms with Crippen LogP contribution in [0.4, 0.5) is 17.1 Å². The highest BCUT2D eigenvalue weighted by molar-refractivity contribution is 7.21. The number of amides is 2. The van der Waals surface area contributed by atoms with Crippen LogP contribution in [0.25, 0.3) is 10.1 Å². The Balaban J connectivity index is 1.47. The second-order valence-corrected chi connectivity index (χ2v) is 8.88. The number of hydrogen-bond donors (Lipinski definition) is 1. The van der Waals surface area contributed by atoms with Gasteiger partial charge in [0.1, 0.15) is 4.88 Å². The van der Waals surface area contributed by atoms with Gasteiger partial charge in [0.2, 0.25) is 0 Å². The topological polar surface area (TPSA) is 49.2 Å². The molecule has 4 nitrogen and oxygen atoms in total. The highest BCUT2D eigenvalue weighted by Gasteiger charge is 2.36. The maximum Gasteiger partial charge on any atom is 0.267 e. The van der Waals surface area contributed by atoms with Crippen molar-refractivity contribution in [2.45, 2.75) is 6.92 Å². The molecular formula is C23H14Cl2N2O2S. The van der Waals surface area contributed by atoms with E-state index in [1.807, 2.05) is 37.3 Å². The predicted molar refractivity (Wildman–Crippen MR) is 124 cm³/mol. The normalized spacial score (nSPS) is 12.0. The first-order chi connectivity index (χ1) is 14.4. The second-order valence-electron chi connectivity index (χ2n) is 7.02. The number of nitrogens with one attached hydrogen (secondary N) is 1. The van der Waals surface area contributed by atoms with Crippen molar-refractivity contribution < 1.29 is 9.59 Å². The molecule has 4 aromatic rings. The van der Waals surface area contributed by atoms with Crippen LogP contribution in [0.5, 0.6) is 0 Å². The van der Waals surface area contributed by atoms with Gasteiger partial charge in [-0.15, -0.1) is 11.3 Å². The summed E-state index contributed by atoms with van der Waals surface area (Å²) in [6.07, 6.45) is 0. The zero-order valence-corrected chi connectivity index (χ0v) is 18.0. The first-order valence-electron chi connectivity index (χ1n) is 9.17. The highest BCUT2D eigenvalue weighted by Crippen LogP contribution is 2.50. The fraction of sp³-hybridized carbons (Fsp3) is 0.0435. The number of fused-ring (bicyclic) bond motifs is 2. The molecule has 148 valence electrons. The Morgan fingerprint density at radius 1 is 0.967 bits per heavy atom. The van der Waals surface area contributed by atoms with E-state index in [1.165, 1.54) is 11.3 Å². The molecule has 1 N–H and O–H groups in total. The Kier molecular flexibility index (Phi) is 4.54. The number of anilines is 3. The van der Waals surface area contributed by atoms with Crippen LogP contribution >= 0.6 is 34.5 Å². The molecule has 0 radical (unpaired) electrons. The van der Waals surface area contributed by atoms with Gasteiger partial charge in [-0.1, -0.05) is 53.0 Å². The molecule has 0 fully saturated rings. The lowest BCUT2D eigenvalue weighted by Crippen LogP contribution is -2.19. The summed E-state index contributed by atoms with van der Waals surface area (Å²) in [7, 11) is 0. The SMILES string of the molecule is Cc1ccc(NC(=O)c2sc3ccccc3c2Cl)c(C(=O)N2c3ccc(Cl)cc32)c1. The fourth-order valence-electron chi connectivity index (χ4n) is 3.45. The summed E-state index contributed by atoms with van der Waals surface area (Å²) in [6.45, 7) is 1.90. The smallest absolute Gasteiger partial charge is 0.267 e. The third-order valence-electron chi connectivity index (χ3n) is 4.97. The van der Waals surface area contributed by atoms with Gasteiger partial charge in [-0.25, -0.2) is 0 Å². The van der Waals surface area contributed by atoms with Crippen molar-refractivity contribution in [2.75, 3.05) is 10.2 Å². The van der Waals surface area contributed by atoms with Crippen LogP contribution in [0.2, 0.25) is 10.0 Å². The molecule has 5 rings (SSSR count). The molecule has 30 heavy (non-hydrogen) atoms. The summed E-state index contributed by atoms with van der Waals surface area (Å²) >= 11 is 13.8. The molecule has 0 atom stereocenters. The average molecular weight is 453 g/mol. The van der Waals surface area contributed by atoms with Gasteiger partial charge < -0.3 is 5.32 Å². The Hall–Kier alpha value is -2.86. The van der Waals surface area contributed by atoms with E-state index in [9.17, 15) is 9.59 Å². The monoisotopic (exact) mass is 452 g/mol. The summed E-state index contributed by atoms with van der Waals surface area (Å²) in [5.41, 5.74) is 3.36. The minimum Gasteiger partial charge on any atom is -0.320 e. The van der Waals surface area contributed by atoms with E-state index >= 15 is 0 Å². The number of thiophene rings is 1. The van der Waals surface area contributed by atoms with E-state index < -0.39 is 0 Å². The third kappa shape index (κ3) is 3.16. The van der Waals surface area contributed by atoms with Gasteiger partial charge >= 0.3 is 0 Å². The van der Waals surface area contributed by atoms with Crippen LogP contribution in [0.3, 0.4) is 0 Å². The molecular weight excluding hydrogens is 439 g/mol. The van der Waals surface area contributed by atoms with E-state index in [-0.39, 0.29) is 11.8 Å². The van der Waals surface area contributed by atoms with Crippen molar-refractivity contribution in [1.82, 2.24) is 0 Å². The van der Waals surface area contributed by atoms with Crippen LogP contribution in [-0.4, -0.2) is 11.8 Å². The van der Waals surface area contributed by atoms with Crippen molar-refractivity contribution in [1.29, 1.82) is 0 Å². The van der Waals surface area contributed by atoms with Crippen LogP contribution in [0, 0.1) is 6.92 Å². The maximum absolute atomic E-state index is 13.2. The van der Waals surface area contributed by atoms with E-state index in [0.717, 1.165) is 27.0 Å². The molecule has 2 amide bonds. The van der Waals surface area contributed by atoms with Crippen molar-refractivity contribution in [3.8, 4) is 0 Å². The number of nitrogens with zero attached hydrogens (tertiary/aromatic N) is 1. The third-order valence-corrected chi connectivity index (χ3v) is 6.88. The molecule has 1 aliphatic rings. The number of hydrogen-bond acceptors (Lipinski definition) is 3. The lowest BCUT2D eigenvalue weighted by molar-refractivity contribution is 0.101. The molecule has 0 saturated heterocycles. The Labute approximate surface area is 186 Å². The van der Waals surface area contributed by atoms with Crippen LogP contribution in [0.1, 0.15) is 25.6 Å². The first kappa shape index (κ1) is 19.1. The molecule has 2 heterocycles. The van der Waals surface area contributed by atoms with Crippen molar-refractivity contribution in [3.63, 3.8) is 0 Å². The minimum atomic E-state index is -0.342. The molecule has 1 aliphatic heterocycles. The molecule has 0 bridgehead atoms. The Bertz CT molecular complexity index is 1360. The minimum absolute atomic E-state index is 0.214. The summed E-state index contributed by atoms with van der Waals surface area (Å²) in [6, 6.07) is 18.3. The molecule has 0 unspecified atom stereocenters. The van der Waals surface area contributed by atoms with E-state index in [0.29, 0.717) is 26.2 Å². The predicted octanol–water partition coefficient (Wildman–Crippen LogP) is 7.06. The van der Waals surface area contributed by atoms with E-state index in [2.05, 4.69) is 5.32 Å². The Morgan fingerprint density at radius 2 is 1.77 bits per heavy atom. The van der Waals surface area contributed by atoms with Gasteiger partial charge in [-0.05, 0) is 43.3 Å². The van der Waals surface area contributed by atoms with Gasteiger partial charge in [0.25, 0.3) is 11.8 Å². The maximum atomic E-state index is 13.2. The molecule has 0 saturated carbocycles. The van der Waals surface area contributed by atoms with Gasteiger partial charge in [-0.2, -0.15) is 0 Å². The summed E-state index contributed by atoms with van der Waals surface area (Å²) in [4.78, 5) is 28.2. The zero-order chi connectivity index (χ0) is 21.0. The van der Waals surface area contributed by atoms with E-state index in [4.69, 9.17) is 23.2 Å². The number of rotatable bonds is 3. The molecule has 7 heteroatoms. The van der Waals surface area contributed by atoms with Gasteiger partial charge in [-0.3, -0.25) is 14.5 Å². The molecule has 1 aromatic heterocycles. The highest BCUT2D eigenvalue weighted by atomic mass is 35.5. The molecule has 3 aromatic carbocycles. The number of carbonyl (C=O) groups is 2. The number of aryl methyl sites for hydroxylation is 1. The second kappa shape index (κ2) is 7.13. The van der Waals surface area contributed by atoms with Crippen molar-refractivity contribution in [2.24, 2.45) is 0 Å². The van der Waals surface area contributed by atoms with Gasteiger partial charge in [0.05, 0.1) is 27.6 Å². The largest absolute Gasteiger partial charge is 0.320 e. The lowest BCUT2D eigenvalue weighted by atomic mass is 10.1. The van der Waals surface area contributed by atoms with Gasteiger partial charge in [0, 0.05) is 15.1 Å². The average Bonchev–Trinajstić information content (AvgIpc) is 3.35. The summed E-state index contributed by atoms with van der Waals surface area (Å²) < 4.78 is 0.935. The van der Waals surface area contributed by atoms with Crippen molar-refractivity contribution in [3.05, 3.63) is 86.7 Å². The number of carbonyl (C=O) groups excluding carboxylic acids is 2. The summed E-state index contributed by atoms with van der Waals surface area (Å²) in [5, 5.41) is 4.70.